The lowest BCUT2D eigenvalue weighted by atomic mass is 10.0. The highest BCUT2D eigenvalue weighted by atomic mass is 35.5. The maximum Gasteiger partial charge on any atom is 0.236 e. The van der Waals surface area contributed by atoms with Crippen LogP contribution >= 0.6 is 11.6 Å². The monoisotopic (exact) mass is 492 g/mol. The van der Waals surface area contributed by atoms with Gasteiger partial charge >= 0.3 is 0 Å². The number of halogens is 1. The smallest absolute Gasteiger partial charge is 0.236 e. The van der Waals surface area contributed by atoms with Crippen LogP contribution in [0.15, 0.2) is 48.9 Å². The second-order valence-electron chi connectivity index (χ2n) is 9.13. The average molecular weight is 493 g/mol. The molecule has 0 aliphatic carbocycles. The Labute approximate surface area is 209 Å². The number of nitrogens with one attached hydrogen (secondary N) is 1. The van der Waals surface area contributed by atoms with E-state index in [1.165, 1.54) is 0 Å². The molecule has 4 aromatic rings. The van der Waals surface area contributed by atoms with E-state index >= 15 is 0 Å². The van der Waals surface area contributed by atoms with Crippen LogP contribution in [0.5, 0.6) is 0 Å². The van der Waals surface area contributed by atoms with Crippen molar-refractivity contribution in [1.29, 1.82) is 0 Å². The van der Waals surface area contributed by atoms with Gasteiger partial charge in [-0.2, -0.15) is 5.10 Å². The molecule has 0 unspecified atom stereocenters. The summed E-state index contributed by atoms with van der Waals surface area (Å²) in [6, 6.07) is 11.8. The number of pyridine rings is 1. The predicted molar refractivity (Wildman–Crippen MR) is 139 cm³/mol. The van der Waals surface area contributed by atoms with Crippen LogP contribution in [0.2, 0.25) is 5.02 Å². The van der Waals surface area contributed by atoms with Crippen LogP contribution in [-0.4, -0.2) is 82.1 Å². The van der Waals surface area contributed by atoms with E-state index < -0.39 is 0 Å². The minimum atomic E-state index is -0.0807. The Hall–Kier alpha value is -3.43. The van der Waals surface area contributed by atoms with Gasteiger partial charge in [-0.25, -0.2) is 14.5 Å². The summed E-state index contributed by atoms with van der Waals surface area (Å²) in [7, 11) is 3.83. The molecule has 0 spiro atoms. The van der Waals surface area contributed by atoms with E-state index in [1.54, 1.807) is 10.8 Å². The van der Waals surface area contributed by atoms with Crippen molar-refractivity contribution in [2.24, 2.45) is 0 Å². The third-order valence-electron chi connectivity index (χ3n) is 6.34. The molecule has 0 radical (unpaired) electrons. The molecule has 0 bridgehead atoms. The van der Waals surface area contributed by atoms with E-state index in [0.29, 0.717) is 37.7 Å². The van der Waals surface area contributed by atoms with Crippen molar-refractivity contribution in [2.75, 3.05) is 57.0 Å². The van der Waals surface area contributed by atoms with Gasteiger partial charge < -0.3 is 20.0 Å². The molecule has 1 saturated heterocycles. The molecular weight excluding hydrogens is 464 g/mol. The molecule has 10 heteroatoms. The van der Waals surface area contributed by atoms with Crippen LogP contribution in [0.25, 0.3) is 16.4 Å². The highest BCUT2D eigenvalue weighted by molar-refractivity contribution is 6.35. The number of carbonyl (C=O) groups is 1. The molecule has 1 aliphatic rings. The van der Waals surface area contributed by atoms with Crippen LogP contribution < -0.4 is 10.2 Å². The molecule has 5 rings (SSSR count). The number of amides is 1. The minimum absolute atomic E-state index is 0.0807. The summed E-state index contributed by atoms with van der Waals surface area (Å²) in [5, 5.41) is 9.42. The normalized spacial score (nSPS) is 15.2. The Morgan fingerprint density at radius 1 is 1.17 bits per heavy atom. The van der Waals surface area contributed by atoms with Gasteiger partial charge in [0.2, 0.25) is 5.91 Å². The quantitative estimate of drug-likeness (QED) is 0.442. The number of para-hydroxylation sites is 1. The zero-order valence-corrected chi connectivity index (χ0v) is 20.9. The van der Waals surface area contributed by atoms with E-state index in [1.807, 2.05) is 60.4 Å². The molecule has 1 atom stereocenters. The average Bonchev–Trinajstić information content (AvgIpc) is 3.33. The number of hydrogen-bond acceptors (Lipinski definition) is 7. The van der Waals surface area contributed by atoms with Crippen molar-refractivity contribution in [3.63, 3.8) is 0 Å². The molecular formula is C25H29ClN8O. The van der Waals surface area contributed by atoms with Gasteiger partial charge in [-0.15, -0.1) is 0 Å². The Morgan fingerprint density at radius 2 is 1.97 bits per heavy atom. The molecule has 1 N–H and O–H groups in total. The first-order valence-corrected chi connectivity index (χ1v) is 12.1. The number of piperazine rings is 1. The molecule has 0 saturated carbocycles. The number of fused-ring (bicyclic) bond motifs is 2. The van der Waals surface area contributed by atoms with Crippen molar-refractivity contribution in [1.82, 2.24) is 29.4 Å². The van der Waals surface area contributed by atoms with E-state index in [4.69, 9.17) is 16.6 Å². The highest BCUT2D eigenvalue weighted by Crippen LogP contribution is 2.33. The van der Waals surface area contributed by atoms with Gasteiger partial charge in [-0.3, -0.25) is 4.79 Å². The molecule has 4 heterocycles. The molecule has 1 aromatic carbocycles. The van der Waals surface area contributed by atoms with Crippen molar-refractivity contribution < 1.29 is 4.79 Å². The van der Waals surface area contributed by atoms with Crippen LogP contribution in [0.3, 0.4) is 0 Å². The fourth-order valence-corrected chi connectivity index (χ4v) is 4.76. The first kappa shape index (κ1) is 23.3. The molecule has 182 valence electrons. The molecule has 3 aromatic heterocycles. The van der Waals surface area contributed by atoms with Crippen molar-refractivity contribution in [2.45, 2.75) is 13.0 Å². The second-order valence-corrected chi connectivity index (χ2v) is 9.54. The lowest BCUT2D eigenvalue weighted by molar-refractivity contribution is -0.132. The Bertz CT molecular complexity index is 1360. The summed E-state index contributed by atoms with van der Waals surface area (Å²) in [4.78, 5) is 28.1. The summed E-state index contributed by atoms with van der Waals surface area (Å²) in [6.07, 6.45) is 3.44. The van der Waals surface area contributed by atoms with Crippen LogP contribution in [0.1, 0.15) is 18.5 Å². The summed E-state index contributed by atoms with van der Waals surface area (Å²) >= 11 is 6.52. The van der Waals surface area contributed by atoms with Gasteiger partial charge in [0.1, 0.15) is 17.7 Å². The van der Waals surface area contributed by atoms with Gasteiger partial charge in [0, 0.05) is 43.3 Å². The van der Waals surface area contributed by atoms with Gasteiger partial charge in [0.05, 0.1) is 23.1 Å². The third-order valence-corrected chi connectivity index (χ3v) is 6.65. The first-order chi connectivity index (χ1) is 16.9. The summed E-state index contributed by atoms with van der Waals surface area (Å²) in [5.41, 5.74) is 2.74. The van der Waals surface area contributed by atoms with Crippen molar-refractivity contribution in [3.05, 3.63) is 59.5 Å². The molecule has 1 fully saturated rings. The van der Waals surface area contributed by atoms with Crippen LogP contribution in [-0.2, 0) is 4.79 Å². The van der Waals surface area contributed by atoms with Gasteiger partial charge in [0.15, 0.2) is 5.82 Å². The van der Waals surface area contributed by atoms with Crippen LogP contribution in [0, 0.1) is 0 Å². The molecule has 35 heavy (non-hydrogen) atoms. The topological polar surface area (TPSA) is 81.9 Å². The Morgan fingerprint density at radius 3 is 2.74 bits per heavy atom. The van der Waals surface area contributed by atoms with E-state index in [-0.39, 0.29) is 11.9 Å². The minimum Gasteiger partial charge on any atom is -0.362 e. The highest BCUT2D eigenvalue weighted by Gasteiger charge is 2.26. The van der Waals surface area contributed by atoms with E-state index in [9.17, 15) is 4.79 Å². The molecule has 9 nitrogen and oxygen atoms in total. The Balaban J connectivity index is 1.46. The van der Waals surface area contributed by atoms with E-state index in [0.717, 1.165) is 33.6 Å². The van der Waals surface area contributed by atoms with Gasteiger partial charge in [-0.05, 0) is 45.3 Å². The first-order valence-electron chi connectivity index (χ1n) is 11.7. The largest absolute Gasteiger partial charge is 0.362 e. The van der Waals surface area contributed by atoms with E-state index in [2.05, 4.69) is 33.3 Å². The summed E-state index contributed by atoms with van der Waals surface area (Å²) in [5.74, 6) is 1.79. The van der Waals surface area contributed by atoms with Crippen LogP contribution in [0.4, 0.5) is 11.6 Å². The van der Waals surface area contributed by atoms with Crippen molar-refractivity contribution in [3.8, 4) is 0 Å². The second kappa shape index (κ2) is 9.67. The predicted octanol–water partition coefficient (Wildman–Crippen LogP) is 3.31. The Kier molecular flexibility index (Phi) is 6.44. The summed E-state index contributed by atoms with van der Waals surface area (Å²) in [6.45, 7) is 5.26. The molecule has 1 amide bonds. The maximum absolute atomic E-state index is 12.5. The van der Waals surface area contributed by atoms with Gasteiger partial charge in [0.25, 0.3) is 0 Å². The number of anilines is 2. The lowest BCUT2D eigenvalue weighted by Crippen LogP contribution is -2.51. The number of nitrogens with zero attached hydrogens (tertiary/aromatic N) is 7. The number of hydrogen-bond donors (Lipinski definition) is 1. The fourth-order valence-electron chi connectivity index (χ4n) is 4.54. The number of benzene rings is 1. The fraction of sp³-hybridized carbons (Fsp3) is 0.360. The molecule has 1 aliphatic heterocycles. The number of carbonyl (C=O) groups excluding carboxylic acids is 1. The SMILES string of the molecule is C[C@H](Nc1ncnn2cccc12)c1cc2cccc(Cl)c2nc1N1CCN(C(=O)CN(C)C)CC1. The standard InChI is InChI=1S/C25H29ClN8O/c1-17(29-24-21-8-5-9-34(21)28-16-27-24)19-14-18-6-4-7-20(26)23(18)30-25(19)33-12-10-32(11-13-33)22(35)15-31(2)3/h4-9,14,16-17H,10-13,15H2,1-3H3,(H,27,28,29)/t17-/m0/s1. The number of likely N-dealkylation sites (N-methyl/N-ethyl adjacent to an activating group) is 1. The number of rotatable bonds is 6. The zero-order valence-electron chi connectivity index (χ0n) is 20.1. The lowest BCUT2D eigenvalue weighted by Gasteiger charge is -2.37. The maximum atomic E-state index is 12.5. The van der Waals surface area contributed by atoms with Crippen molar-refractivity contribution >= 4 is 45.6 Å². The third kappa shape index (κ3) is 4.74. The number of aromatic nitrogens is 4. The summed E-state index contributed by atoms with van der Waals surface area (Å²) < 4.78 is 1.80. The zero-order chi connectivity index (χ0) is 24.5. The van der Waals surface area contributed by atoms with Gasteiger partial charge in [-0.1, -0.05) is 23.7 Å².